The highest BCUT2D eigenvalue weighted by molar-refractivity contribution is 5.60. The molecular formula is C18H16N6O. The summed E-state index contributed by atoms with van der Waals surface area (Å²) in [5, 5.41) is 18.1. The van der Waals surface area contributed by atoms with Crippen LogP contribution in [0.4, 0.5) is 5.82 Å². The Morgan fingerprint density at radius 1 is 1.16 bits per heavy atom. The molecule has 4 heterocycles. The van der Waals surface area contributed by atoms with Crippen molar-refractivity contribution in [2.75, 3.05) is 31.1 Å². The van der Waals surface area contributed by atoms with E-state index in [-0.39, 0.29) is 12.1 Å². The lowest BCUT2D eigenvalue weighted by Crippen LogP contribution is -2.51. The highest BCUT2D eigenvalue weighted by Crippen LogP contribution is 2.27. The number of nitriles is 2. The summed E-state index contributed by atoms with van der Waals surface area (Å²) < 4.78 is 5.80. The molecule has 7 heteroatoms. The molecule has 0 bridgehead atoms. The van der Waals surface area contributed by atoms with Gasteiger partial charge in [0.25, 0.3) is 0 Å². The van der Waals surface area contributed by atoms with Gasteiger partial charge in [-0.3, -0.25) is 0 Å². The Bertz CT molecular complexity index is 853. The summed E-state index contributed by atoms with van der Waals surface area (Å²) in [6.07, 6.45) is 4.03. The zero-order chi connectivity index (χ0) is 17.2. The van der Waals surface area contributed by atoms with Crippen molar-refractivity contribution in [1.29, 1.82) is 10.5 Å². The fraction of sp³-hybridized carbons (Fsp3) is 0.333. The number of morpholine rings is 1. The largest absolute Gasteiger partial charge is 0.372 e. The van der Waals surface area contributed by atoms with Gasteiger partial charge in [0.2, 0.25) is 0 Å². The first-order valence-corrected chi connectivity index (χ1v) is 8.15. The minimum absolute atomic E-state index is 0.0452. The number of ether oxygens (including phenoxy) is 1. The summed E-state index contributed by atoms with van der Waals surface area (Å²) in [6.45, 7) is 2.70. The van der Waals surface area contributed by atoms with Crippen molar-refractivity contribution >= 4 is 5.82 Å². The Morgan fingerprint density at radius 2 is 2.08 bits per heavy atom. The van der Waals surface area contributed by atoms with Gasteiger partial charge in [0.05, 0.1) is 37.5 Å². The van der Waals surface area contributed by atoms with E-state index in [2.05, 4.69) is 27.1 Å². The van der Waals surface area contributed by atoms with E-state index in [0.717, 1.165) is 23.6 Å². The highest BCUT2D eigenvalue weighted by atomic mass is 16.5. The van der Waals surface area contributed by atoms with Gasteiger partial charge in [-0.2, -0.15) is 10.5 Å². The minimum atomic E-state index is 0.0452. The zero-order valence-corrected chi connectivity index (χ0v) is 13.5. The maximum Gasteiger partial charge on any atom is 0.179 e. The van der Waals surface area contributed by atoms with E-state index in [4.69, 9.17) is 15.3 Å². The Labute approximate surface area is 145 Å². The van der Waals surface area contributed by atoms with Crippen molar-refractivity contribution in [3.05, 3.63) is 42.2 Å². The van der Waals surface area contributed by atoms with Gasteiger partial charge in [0.15, 0.2) is 6.19 Å². The van der Waals surface area contributed by atoms with Crippen LogP contribution in [-0.2, 0) is 4.74 Å². The number of fused-ring (bicyclic) bond motifs is 1. The molecule has 0 amide bonds. The van der Waals surface area contributed by atoms with Crippen LogP contribution in [0.1, 0.15) is 5.69 Å². The van der Waals surface area contributed by atoms with E-state index in [1.54, 1.807) is 17.2 Å². The fourth-order valence-corrected chi connectivity index (χ4v) is 3.42. The molecule has 4 rings (SSSR count). The number of hydrogen-bond acceptors (Lipinski definition) is 7. The van der Waals surface area contributed by atoms with E-state index in [1.807, 2.05) is 24.3 Å². The monoisotopic (exact) mass is 332 g/mol. The second-order valence-corrected chi connectivity index (χ2v) is 6.10. The SMILES string of the molecule is N#Cc1cccc(-c2ccc(N3CCO[C@H]4CN(C#N)C[C@H]43)nc2)n1. The van der Waals surface area contributed by atoms with Crippen molar-refractivity contribution in [1.82, 2.24) is 14.9 Å². The number of rotatable bonds is 2. The predicted octanol–water partition coefficient (Wildman–Crippen LogP) is 1.39. The molecule has 0 aromatic carbocycles. The second kappa shape index (κ2) is 6.39. The summed E-state index contributed by atoms with van der Waals surface area (Å²) in [5.41, 5.74) is 1.99. The first-order chi connectivity index (χ1) is 12.3. The molecule has 2 atom stereocenters. The van der Waals surface area contributed by atoms with Crippen LogP contribution in [0.15, 0.2) is 36.5 Å². The average Bonchev–Trinajstić information content (AvgIpc) is 3.11. The molecule has 124 valence electrons. The molecule has 0 N–H and O–H groups in total. The molecule has 0 unspecified atom stereocenters. The van der Waals surface area contributed by atoms with Crippen molar-refractivity contribution in [3.63, 3.8) is 0 Å². The van der Waals surface area contributed by atoms with Crippen molar-refractivity contribution < 1.29 is 4.74 Å². The second-order valence-electron chi connectivity index (χ2n) is 6.10. The van der Waals surface area contributed by atoms with Gasteiger partial charge in [0.1, 0.15) is 17.6 Å². The molecule has 7 nitrogen and oxygen atoms in total. The lowest BCUT2D eigenvalue weighted by molar-refractivity contribution is 0.0323. The van der Waals surface area contributed by atoms with E-state index in [0.29, 0.717) is 25.4 Å². The smallest absolute Gasteiger partial charge is 0.179 e. The number of nitrogens with zero attached hydrogens (tertiary/aromatic N) is 6. The van der Waals surface area contributed by atoms with Gasteiger partial charge in [-0.15, -0.1) is 0 Å². The molecule has 2 aliphatic heterocycles. The Hall–Kier alpha value is -3.16. The average molecular weight is 332 g/mol. The molecule has 0 aliphatic carbocycles. The standard InChI is InChI=1S/C18H16N6O/c19-8-14-2-1-3-15(22-14)13-4-5-18(21-9-13)24-6-7-25-17-11-23(12-20)10-16(17)24/h1-5,9,16-17H,6-7,10-11H2/t16-,17+/m1/s1. The van der Waals surface area contributed by atoms with E-state index >= 15 is 0 Å². The quantitative estimate of drug-likeness (QED) is 0.768. The van der Waals surface area contributed by atoms with Crippen molar-refractivity contribution in [2.24, 2.45) is 0 Å². The van der Waals surface area contributed by atoms with Gasteiger partial charge in [-0.1, -0.05) is 6.07 Å². The molecule has 2 aliphatic rings. The van der Waals surface area contributed by atoms with E-state index in [9.17, 15) is 0 Å². The third-order valence-electron chi connectivity index (χ3n) is 4.64. The molecule has 2 fully saturated rings. The maximum absolute atomic E-state index is 9.13. The first-order valence-electron chi connectivity index (χ1n) is 8.15. The number of pyridine rings is 2. The van der Waals surface area contributed by atoms with Gasteiger partial charge in [-0.25, -0.2) is 9.97 Å². The van der Waals surface area contributed by atoms with Gasteiger partial charge < -0.3 is 14.5 Å². The normalized spacial score (nSPS) is 22.2. The maximum atomic E-state index is 9.13. The lowest BCUT2D eigenvalue weighted by Gasteiger charge is -2.37. The minimum Gasteiger partial charge on any atom is -0.372 e. The van der Waals surface area contributed by atoms with Crippen LogP contribution in [0.25, 0.3) is 11.3 Å². The molecule has 2 aromatic rings. The molecule has 0 spiro atoms. The Kier molecular flexibility index (Phi) is 3.93. The number of likely N-dealkylation sites (tertiary alicyclic amines) is 1. The van der Waals surface area contributed by atoms with Crippen LogP contribution in [0.5, 0.6) is 0 Å². The van der Waals surface area contributed by atoms with Gasteiger partial charge in [0, 0.05) is 18.3 Å². The Balaban J connectivity index is 1.58. The molecule has 25 heavy (non-hydrogen) atoms. The number of aromatic nitrogens is 2. The topological polar surface area (TPSA) is 89.1 Å². The van der Waals surface area contributed by atoms with Crippen LogP contribution in [0.2, 0.25) is 0 Å². The molecule has 0 saturated carbocycles. The van der Waals surface area contributed by atoms with Crippen LogP contribution in [0, 0.1) is 22.8 Å². The predicted molar refractivity (Wildman–Crippen MR) is 90.2 cm³/mol. The van der Waals surface area contributed by atoms with Gasteiger partial charge in [-0.05, 0) is 24.3 Å². The third kappa shape index (κ3) is 2.86. The van der Waals surface area contributed by atoms with Crippen LogP contribution in [-0.4, -0.2) is 53.3 Å². The summed E-state index contributed by atoms with van der Waals surface area (Å²) in [5.74, 6) is 0.873. The van der Waals surface area contributed by atoms with Crippen LogP contribution >= 0.6 is 0 Å². The fourth-order valence-electron chi connectivity index (χ4n) is 3.42. The van der Waals surface area contributed by atoms with E-state index < -0.39 is 0 Å². The highest BCUT2D eigenvalue weighted by Gasteiger charge is 2.40. The molecule has 2 aromatic heterocycles. The summed E-state index contributed by atoms with van der Waals surface area (Å²) in [6, 6.07) is 11.5. The van der Waals surface area contributed by atoms with Crippen LogP contribution < -0.4 is 4.90 Å². The van der Waals surface area contributed by atoms with Gasteiger partial charge >= 0.3 is 0 Å². The van der Waals surface area contributed by atoms with E-state index in [1.165, 1.54) is 0 Å². The Morgan fingerprint density at radius 3 is 2.84 bits per heavy atom. The zero-order valence-electron chi connectivity index (χ0n) is 13.5. The molecule has 2 saturated heterocycles. The summed E-state index contributed by atoms with van der Waals surface area (Å²) in [4.78, 5) is 12.8. The molecule has 0 radical (unpaired) electrons. The van der Waals surface area contributed by atoms with Crippen molar-refractivity contribution in [3.8, 4) is 23.5 Å². The lowest BCUT2D eigenvalue weighted by atomic mass is 10.1. The summed E-state index contributed by atoms with van der Waals surface area (Å²) >= 11 is 0. The first kappa shape index (κ1) is 15.4. The molecular weight excluding hydrogens is 316 g/mol. The van der Waals surface area contributed by atoms with Crippen molar-refractivity contribution in [2.45, 2.75) is 12.1 Å². The number of anilines is 1. The number of hydrogen-bond donors (Lipinski definition) is 0. The third-order valence-corrected chi connectivity index (χ3v) is 4.64. The van der Waals surface area contributed by atoms with Crippen LogP contribution in [0.3, 0.4) is 0 Å². The summed E-state index contributed by atoms with van der Waals surface area (Å²) in [7, 11) is 0.